The molecular formula is C16H21Br2NO3. The number of benzene rings is 1. The van der Waals surface area contributed by atoms with Gasteiger partial charge in [-0.1, -0.05) is 62.2 Å². The molecule has 0 heterocycles. The van der Waals surface area contributed by atoms with Gasteiger partial charge in [0.1, 0.15) is 5.60 Å². The van der Waals surface area contributed by atoms with Crippen molar-refractivity contribution in [3.8, 4) is 0 Å². The molecule has 0 fully saturated rings. The molecule has 1 aromatic carbocycles. The molecule has 1 aromatic rings. The van der Waals surface area contributed by atoms with Gasteiger partial charge < -0.3 is 10.5 Å². The summed E-state index contributed by atoms with van der Waals surface area (Å²) in [7, 11) is 0. The molecule has 0 aromatic heterocycles. The van der Waals surface area contributed by atoms with Crippen molar-refractivity contribution in [3.05, 3.63) is 35.9 Å². The predicted octanol–water partition coefficient (Wildman–Crippen LogP) is 3.30. The molecule has 0 aliphatic rings. The van der Waals surface area contributed by atoms with Gasteiger partial charge in [0.2, 0.25) is 5.54 Å². The summed E-state index contributed by atoms with van der Waals surface area (Å²) in [4.78, 5) is 24.9. The summed E-state index contributed by atoms with van der Waals surface area (Å²) in [6.45, 7) is 5.22. The minimum atomic E-state index is -1.83. The van der Waals surface area contributed by atoms with E-state index < -0.39 is 27.7 Å². The van der Waals surface area contributed by atoms with Crippen molar-refractivity contribution in [1.82, 2.24) is 0 Å². The van der Waals surface area contributed by atoms with Crippen LogP contribution >= 0.6 is 31.9 Å². The molecule has 0 radical (unpaired) electrons. The zero-order valence-electron chi connectivity index (χ0n) is 12.9. The molecule has 0 spiro atoms. The topological polar surface area (TPSA) is 69.4 Å². The summed E-state index contributed by atoms with van der Waals surface area (Å²) >= 11 is 6.61. The summed E-state index contributed by atoms with van der Waals surface area (Å²) in [6, 6.07) is 8.60. The third-order valence-corrected chi connectivity index (χ3v) is 4.32. The quantitative estimate of drug-likeness (QED) is 0.423. The number of nitrogens with two attached hydrogens (primary N) is 1. The smallest absolute Gasteiger partial charge is 0.339 e. The average molecular weight is 435 g/mol. The first-order chi connectivity index (χ1) is 10.1. The van der Waals surface area contributed by atoms with E-state index in [1.54, 1.807) is 51.1 Å². The number of hydrogen-bond donors (Lipinski definition) is 1. The van der Waals surface area contributed by atoms with Crippen LogP contribution in [-0.2, 0) is 19.9 Å². The van der Waals surface area contributed by atoms with Gasteiger partial charge in [0, 0.05) is 5.33 Å². The van der Waals surface area contributed by atoms with Crippen LogP contribution in [-0.4, -0.2) is 27.5 Å². The molecule has 1 rings (SSSR count). The number of hydrogen-bond acceptors (Lipinski definition) is 4. The van der Waals surface area contributed by atoms with Crippen LogP contribution in [0.15, 0.2) is 30.3 Å². The highest BCUT2D eigenvalue weighted by atomic mass is 79.9. The Morgan fingerprint density at radius 3 is 2.23 bits per heavy atom. The maximum Gasteiger partial charge on any atom is 0.339 e. The fourth-order valence-electron chi connectivity index (χ4n) is 1.89. The van der Waals surface area contributed by atoms with Crippen LogP contribution in [0.25, 0.3) is 0 Å². The Morgan fingerprint density at radius 2 is 1.77 bits per heavy atom. The molecular weight excluding hydrogens is 414 g/mol. The lowest BCUT2D eigenvalue weighted by Crippen LogP contribution is -2.56. The summed E-state index contributed by atoms with van der Waals surface area (Å²) in [5, 5.41) is 0.619. The number of ketones is 1. The minimum absolute atomic E-state index is 0.410. The Hall–Kier alpha value is -0.720. The van der Waals surface area contributed by atoms with Crippen LogP contribution < -0.4 is 5.73 Å². The fraction of sp³-hybridized carbons (Fsp3) is 0.500. The Kier molecular flexibility index (Phi) is 6.77. The van der Waals surface area contributed by atoms with E-state index in [1.807, 2.05) is 0 Å². The Bertz CT molecular complexity index is 528. The molecule has 0 aliphatic carbocycles. The third-order valence-electron chi connectivity index (χ3n) is 2.99. The fourth-order valence-corrected chi connectivity index (χ4v) is 3.56. The first-order valence-corrected chi connectivity index (χ1v) is 8.99. The second-order valence-electron chi connectivity index (χ2n) is 5.99. The molecule has 4 nitrogen and oxygen atoms in total. The third kappa shape index (κ3) is 4.64. The van der Waals surface area contributed by atoms with E-state index >= 15 is 0 Å². The van der Waals surface area contributed by atoms with Gasteiger partial charge in [-0.2, -0.15) is 0 Å². The molecule has 0 saturated carbocycles. The number of Topliss-reactive ketones (excluding diaryl/α,β-unsaturated/α-hetero) is 1. The van der Waals surface area contributed by atoms with E-state index in [2.05, 4.69) is 31.9 Å². The maximum absolute atomic E-state index is 12.8. The van der Waals surface area contributed by atoms with Crippen LogP contribution in [0.1, 0.15) is 32.8 Å². The molecule has 0 bridgehead atoms. The van der Waals surface area contributed by atoms with Crippen molar-refractivity contribution in [2.45, 2.75) is 43.2 Å². The van der Waals surface area contributed by atoms with Crippen LogP contribution in [0.3, 0.4) is 0 Å². The number of esters is 1. The first-order valence-electron chi connectivity index (χ1n) is 6.95. The normalized spacial score (nSPS) is 15.7. The second-order valence-corrected chi connectivity index (χ2v) is 7.88. The van der Waals surface area contributed by atoms with Gasteiger partial charge in [-0.05, 0) is 32.8 Å². The van der Waals surface area contributed by atoms with E-state index in [0.29, 0.717) is 17.3 Å². The average Bonchev–Trinajstić information content (AvgIpc) is 2.45. The van der Waals surface area contributed by atoms with E-state index in [1.165, 1.54) is 0 Å². The molecule has 0 aliphatic heterocycles. The van der Waals surface area contributed by atoms with Gasteiger partial charge >= 0.3 is 5.97 Å². The Balaban J connectivity index is 3.27. The van der Waals surface area contributed by atoms with Gasteiger partial charge in [-0.3, -0.25) is 4.79 Å². The van der Waals surface area contributed by atoms with Crippen LogP contribution in [0.5, 0.6) is 0 Å². The summed E-state index contributed by atoms with van der Waals surface area (Å²) in [5.74, 6) is -1.15. The molecule has 2 atom stereocenters. The van der Waals surface area contributed by atoms with Gasteiger partial charge in [0.15, 0.2) is 5.78 Å². The van der Waals surface area contributed by atoms with Crippen LogP contribution in [0.4, 0.5) is 0 Å². The maximum atomic E-state index is 12.8. The predicted molar refractivity (Wildman–Crippen MR) is 94.3 cm³/mol. The first kappa shape index (κ1) is 19.3. The number of rotatable bonds is 6. The molecule has 6 heteroatoms. The highest BCUT2D eigenvalue weighted by Gasteiger charge is 2.48. The lowest BCUT2D eigenvalue weighted by molar-refractivity contribution is -0.164. The van der Waals surface area contributed by atoms with Crippen molar-refractivity contribution >= 4 is 43.6 Å². The highest BCUT2D eigenvalue weighted by Crippen LogP contribution is 2.28. The monoisotopic (exact) mass is 433 g/mol. The molecule has 0 saturated heterocycles. The van der Waals surface area contributed by atoms with E-state index in [-0.39, 0.29) is 0 Å². The SMILES string of the molecule is CC(C)(C)OC(=O)C(N)(C(=O)C(Br)CCBr)c1ccccc1. The molecule has 2 unspecified atom stereocenters. The van der Waals surface area contributed by atoms with Crippen molar-refractivity contribution in [3.63, 3.8) is 0 Å². The Morgan fingerprint density at radius 1 is 1.23 bits per heavy atom. The van der Waals surface area contributed by atoms with E-state index in [0.717, 1.165) is 0 Å². The summed E-state index contributed by atoms with van der Waals surface area (Å²) < 4.78 is 5.39. The second kappa shape index (κ2) is 7.70. The standard InChI is InChI=1S/C16H21Br2NO3/c1-15(2,3)22-14(21)16(19,11-7-5-4-6-8-11)13(20)12(18)9-10-17/h4-8,12H,9-10,19H2,1-3H3. The number of ether oxygens (including phenoxy) is 1. The van der Waals surface area contributed by atoms with Crippen molar-refractivity contribution < 1.29 is 14.3 Å². The number of alkyl halides is 2. The van der Waals surface area contributed by atoms with E-state index in [9.17, 15) is 9.59 Å². The van der Waals surface area contributed by atoms with E-state index in [4.69, 9.17) is 10.5 Å². The summed E-state index contributed by atoms with van der Waals surface area (Å²) in [6.07, 6.45) is 0.521. The lowest BCUT2D eigenvalue weighted by Gasteiger charge is -2.31. The highest BCUT2D eigenvalue weighted by molar-refractivity contribution is 9.10. The number of carbonyl (C=O) groups is 2. The zero-order valence-corrected chi connectivity index (χ0v) is 16.1. The largest absolute Gasteiger partial charge is 0.458 e. The van der Waals surface area contributed by atoms with Crippen molar-refractivity contribution in [2.24, 2.45) is 5.73 Å². The molecule has 2 N–H and O–H groups in total. The van der Waals surface area contributed by atoms with Crippen molar-refractivity contribution in [1.29, 1.82) is 0 Å². The van der Waals surface area contributed by atoms with Crippen molar-refractivity contribution in [2.75, 3.05) is 5.33 Å². The lowest BCUT2D eigenvalue weighted by atomic mass is 9.84. The van der Waals surface area contributed by atoms with Gasteiger partial charge in [-0.25, -0.2) is 4.79 Å². The number of halogens is 2. The molecule has 22 heavy (non-hydrogen) atoms. The molecule has 122 valence electrons. The number of carbonyl (C=O) groups excluding carboxylic acids is 2. The van der Waals surface area contributed by atoms with Gasteiger partial charge in [-0.15, -0.1) is 0 Å². The van der Waals surface area contributed by atoms with Crippen LogP contribution in [0, 0.1) is 0 Å². The zero-order chi connectivity index (χ0) is 17.0. The van der Waals surface area contributed by atoms with Gasteiger partial charge in [0.05, 0.1) is 4.83 Å². The van der Waals surface area contributed by atoms with Crippen LogP contribution in [0.2, 0.25) is 0 Å². The summed E-state index contributed by atoms with van der Waals surface area (Å²) in [5.41, 5.74) is 4.14. The minimum Gasteiger partial charge on any atom is -0.458 e. The van der Waals surface area contributed by atoms with Gasteiger partial charge in [0.25, 0.3) is 0 Å². The Labute approximate surface area is 148 Å². The molecule has 0 amide bonds.